The molecule has 9 nitrogen and oxygen atoms in total. The van der Waals surface area contributed by atoms with E-state index in [2.05, 4.69) is 53.3 Å². The van der Waals surface area contributed by atoms with Gasteiger partial charge in [0.2, 0.25) is 17.6 Å². The summed E-state index contributed by atoms with van der Waals surface area (Å²) >= 11 is 0. The number of rotatable bonds is 6. The fourth-order valence-electron chi connectivity index (χ4n) is 5.04. The molecule has 0 bridgehead atoms. The van der Waals surface area contributed by atoms with Crippen molar-refractivity contribution in [3.8, 4) is 17.1 Å². The van der Waals surface area contributed by atoms with Crippen LogP contribution in [0.25, 0.3) is 17.1 Å². The van der Waals surface area contributed by atoms with Crippen LogP contribution >= 0.6 is 0 Å². The van der Waals surface area contributed by atoms with E-state index in [4.69, 9.17) is 4.52 Å². The third-order valence-electron chi connectivity index (χ3n) is 7.60. The zero-order valence-electron chi connectivity index (χ0n) is 23.3. The first kappa shape index (κ1) is 26.6. The van der Waals surface area contributed by atoms with Gasteiger partial charge < -0.3 is 9.84 Å². The summed E-state index contributed by atoms with van der Waals surface area (Å²) in [6.07, 6.45) is 1.39. The smallest absolute Gasteiger partial charge is 0.295 e. The lowest BCUT2D eigenvalue weighted by Crippen LogP contribution is -2.38. The Morgan fingerprint density at radius 2 is 1.72 bits per heavy atom. The SMILES string of the molecule is Cc1c(NC(=O)C2CCN(Cc3nc(-c4ccc(C(C)(C)C)cc4)no3)CC2)c(=O)n(-c2ccccc2)n1C. The molecular formula is C30H36N6O3. The van der Waals surface area contributed by atoms with Gasteiger partial charge in [-0.1, -0.05) is 68.4 Å². The average Bonchev–Trinajstić information content (AvgIpc) is 3.47. The Balaban J connectivity index is 1.18. The van der Waals surface area contributed by atoms with Crippen LogP contribution in [-0.4, -0.2) is 43.4 Å². The standard InChI is InChI=1S/C30H36N6O3/c1-20-26(29(38)36(34(20)5)24-9-7-6-8-10-24)32-28(37)22-15-17-35(18-16-22)19-25-31-27(33-39-25)21-11-13-23(14-12-21)30(2,3)4/h6-14,22H,15-19H2,1-5H3,(H,32,37). The molecule has 1 N–H and O–H groups in total. The predicted octanol–water partition coefficient (Wildman–Crippen LogP) is 4.68. The minimum Gasteiger partial charge on any atom is -0.338 e. The largest absolute Gasteiger partial charge is 0.338 e. The van der Waals surface area contributed by atoms with Gasteiger partial charge in [0.25, 0.3) is 5.56 Å². The Morgan fingerprint density at radius 3 is 2.36 bits per heavy atom. The molecule has 39 heavy (non-hydrogen) atoms. The summed E-state index contributed by atoms with van der Waals surface area (Å²) in [4.78, 5) is 33.1. The maximum atomic E-state index is 13.1. The van der Waals surface area contributed by atoms with Crippen molar-refractivity contribution in [1.82, 2.24) is 24.4 Å². The molecule has 1 amide bonds. The lowest BCUT2D eigenvalue weighted by molar-refractivity contribution is -0.121. The Hall–Kier alpha value is -3.98. The van der Waals surface area contributed by atoms with Gasteiger partial charge in [-0.2, -0.15) is 4.98 Å². The van der Waals surface area contributed by atoms with Crippen LogP contribution in [0.15, 0.2) is 63.9 Å². The van der Waals surface area contributed by atoms with Crippen molar-refractivity contribution in [3.63, 3.8) is 0 Å². The monoisotopic (exact) mass is 528 g/mol. The molecule has 0 atom stereocenters. The van der Waals surface area contributed by atoms with Gasteiger partial charge in [-0.3, -0.25) is 19.2 Å². The Labute approximate surface area is 228 Å². The maximum Gasteiger partial charge on any atom is 0.295 e. The molecule has 204 valence electrons. The number of carbonyl (C=O) groups is 1. The van der Waals surface area contributed by atoms with Gasteiger partial charge in [-0.25, -0.2) is 4.68 Å². The van der Waals surface area contributed by atoms with Gasteiger partial charge in [0.1, 0.15) is 5.69 Å². The second kappa shape index (κ2) is 10.6. The zero-order chi connectivity index (χ0) is 27.7. The number of amides is 1. The van der Waals surface area contributed by atoms with Crippen molar-refractivity contribution in [2.75, 3.05) is 18.4 Å². The molecule has 0 spiro atoms. The summed E-state index contributed by atoms with van der Waals surface area (Å²) in [7, 11) is 1.82. The lowest BCUT2D eigenvalue weighted by atomic mass is 9.87. The Bertz CT molecular complexity index is 1500. The number of anilines is 1. The minimum atomic E-state index is -0.229. The average molecular weight is 529 g/mol. The van der Waals surface area contributed by atoms with Crippen molar-refractivity contribution in [2.45, 2.75) is 52.5 Å². The minimum absolute atomic E-state index is 0.0885. The second-order valence-corrected chi connectivity index (χ2v) is 11.3. The van der Waals surface area contributed by atoms with E-state index in [0.717, 1.165) is 30.0 Å². The molecular weight excluding hydrogens is 492 g/mol. The van der Waals surface area contributed by atoms with Gasteiger partial charge in [0.05, 0.1) is 17.9 Å². The topological polar surface area (TPSA) is 98.2 Å². The van der Waals surface area contributed by atoms with E-state index < -0.39 is 0 Å². The van der Waals surface area contributed by atoms with Gasteiger partial charge in [-0.15, -0.1) is 0 Å². The highest BCUT2D eigenvalue weighted by Crippen LogP contribution is 2.26. The third kappa shape index (κ3) is 5.59. The van der Waals surface area contributed by atoms with Gasteiger partial charge in [-0.05, 0) is 56.0 Å². The third-order valence-corrected chi connectivity index (χ3v) is 7.60. The van der Waals surface area contributed by atoms with E-state index in [1.807, 2.05) is 56.4 Å². The molecule has 0 saturated carbocycles. The van der Waals surface area contributed by atoms with E-state index in [1.54, 1.807) is 9.36 Å². The molecule has 0 aliphatic carbocycles. The number of piperidine rings is 1. The number of nitrogens with one attached hydrogen (secondary N) is 1. The van der Waals surface area contributed by atoms with Crippen LogP contribution in [0.1, 0.15) is 50.8 Å². The lowest BCUT2D eigenvalue weighted by Gasteiger charge is -2.30. The van der Waals surface area contributed by atoms with Crippen molar-refractivity contribution in [3.05, 3.63) is 82.1 Å². The maximum absolute atomic E-state index is 13.1. The quantitative estimate of drug-likeness (QED) is 0.390. The molecule has 2 aromatic heterocycles. The molecule has 1 aliphatic rings. The first-order valence-corrected chi connectivity index (χ1v) is 13.4. The summed E-state index contributed by atoms with van der Waals surface area (Å²) in [5.74, 6) is 0.873. The van der Waals surface area contributed by atoms with Gasteiger partial charge in [0, 0.05) is 18.5 Å². The molecule has 0 radical (unpaired) electrons. The zero-order valence-corrected chi connectivity index (χ0v) is 23.3. The first-order chi connectivity index (χ1) is 18.6. The summed E-state index contributed by atoms with van der Waals surface area (Å²) in [6.45, 7) is 10.4. The van der Waals surface area contributed by atoms with Crippen LogP contribution in [0.4, 0.5) is 5.69 Å². The predicted molar refractivity (Wildman–Crippen MR) is 151 cm³/mol. The number of para-hydroxylation sites is 1. The molecule has 1 saturated heterocycles. The van der Waals surface area contributed by atoms with Crippen LogP contribution < -0.4 is 10.9 Å². The Morgan fingerprint density at radius 1 is 1.05 bits per heavy atom. The molecule has 4 aromatic rings. The molecule has 0 unspecified atom stereocenters. The number of nitrogens with zero attached hydrogens (tertiary/aromatic N) is 5. The molecule has 5 rings (SSSR count). The van der Waals surface area contributed by atoms with E-state index in [1.165, 1.54) is 5.56 Å². The van der Waals surface area contributed by atoms with Crippen LogP contribution in [-0.2, 0) is 23.8 Å². The van der Waals surface area contributed by atoms with Gasteiger partial charge in [0.15, 0.2) is 0 Å². The normalized spacial score (nSPS) is 15.0. The Kier molecular flexibility index (Phi) is 7.27. The fourth-order valence-corrected chi connectivity index (χ4v) is 5.04. The second-order valence-electron chi connectivity index (χ2n) is 11.3. The summed E-state index contributed by atoms with van der Waals surface area (Å²) in [5.41, 5.74) is 3.85. The molecule has 1 fully saturated rings. The number of hydrogen-bond acceptors (Lipinski definition) is 6. The number of benzene rings is 2. The highest BCUT2D eigenvalue weighted by atomic mass is 16.5. The van der Waals surface area contributed by atoms with Crippen LogP contribution in [0.5, 0.6) is 0 Å². The highest BCUT2D eigenvalue weighted by molar-refractivity contribution is 5.93. The van der Waals surface area contributed by atoms with E-state index >= 15 is 0 Å². The van der Waals surface area contributed by atoms with E-state index in [-0.39, 0.29) is 22.8 Å². The molecule has 3 heterocycles. The van der Waals surface area contributed by atoms with Gasteiger partial charge >= 0.3 is 0 Å². The van der Waals surface area contributed by atoms with Crippen molar-refractivity contribution < 1.29 is 9.32 Å². The summed E-state index contributed by atoms with van der Waals surface area (Å²) in [6, 6.07) is 17.7. The summed E-state index contributed by atoms with van der Waals surface area (Å²) < 4.78 is 8.87. The molecule has 9 heteroatoms. The van der Waals surface area contributed by atoms with Crippen molar-refractivity contribution in [2.24, 2.45) is 13.0 Å². The fraction of sp³-hybridized carbons (Fsp3) is 0.400. The highest BCUT2D eigenvalue weighted by Gasteiger charge is 2.28. The molecule has 1 aliphatic heterocycles. The van der Waals surface area contributed by atoms with E-state index in [9.17, 15) is 9.59 Å². The van der Waals surface area contributed by atoms with Crippen molar-refractivity contribution >= 4 is 11.6 Å². The van der Waals surface area contributed by atoms with Crippen LogP contribution in [0.2, 0.25) is 0 Å². The van der Waals surface area contributed by atoms with Crippen LogP contribution in [0, 0.1) is 12.8 Å². The molecule has 2 aromatic carbocycles. The number of carbonyl (C=O) groups excluding carboxylic acids is 1. The number of aromatic nitrogens is 4. The van der Waals surface area contributed by atoms with Crippen LogP contribution in [0.3, 0.4) is 0 Å². The first-order valence-electron chi connectivity index (χ1n) is 13.4. The number of likely N-dealkylation sites (tertiary alicyclic amines) is 1. The van der Waals surface area contributed by atoms with Crippen molar-refractivity contribution in [1.29, 1.82) is 0 Å². The summed E-state index contributed by atoms with van der Waals surface area (Å²) in [5, 5.41) is 7.10. The number of hydrogen-bond donors (Lipinski definition) is 1. The van der Waals surface area contributed by atoms with E-state index in [0.29, 0.717) is 36.8 Å².